The van der Waals surface area contributed by atoms with Crippen LogP contribution >= 0.6 is 0 Å². The second kappa shape index (κ2) is 11.1. The summed E-state index contributed by atoms with van der Waals surface area (Å²) in [6.07, 6.45) is 12.7. The Morgan fingerprint density at radius 2 is 1.00 bits per heavy atom. The van der Waals surface area contributed by atoms with E-state index in [9.17, 15) is 19.8 Å². The van der Waals surface area contributed by atoms with Gasteiger partial charge in [-0.3, -0.25) is 9.59 Å². The molecule has 6 aliphatic carbocycles. The first kappa shape index (κ1) is 30.7. The molecule has 8 atom stereocenters. The van der Waals surface area contributed by atoms with Crippen LogP contribution in [0.4, 0.5) is 0 Å². The summed E-state index contributed by atoms with van der Waals surface area (Å²) in [6, 6.07) is 11.8. The van der Waals surface area contributed by atoms with Crippen molar-refractivity contribution in [3.8, 4) is 11.5 Å². The third kappa shape index (κ3) is 4.61. The van der Waals surface area contributed by atoms with E-state index in [-0.39, 0.29) is 21.8 Å². The number of carbonyl (C=O) groups is 2. The van der Waals surface area contributed by atoms with Crippen LogP contribution in [0.2, 0.25) is 0 Å². The van der Waals surface area contributed by atoms with E-state index >= 15 is 0 Å². The first-order chi connectivity index (χ1) is 19.2. The second-order valence-electron chi connectivity index (χ2n) is 14.4. The van der Waals surface area contributed by atoms with Crippen LogP contribution in [0, 0.1) is 34.5 Å². The number of benzene rings is 2. The first-order valence-electron chi connectivity index (χ1n) is 15.9. The van der Waals surface area contributed by atoms with E-state index in [1.54, 1.807) is 0 Å². The number of hydrogen-bond donors (Lipinski definition) is 2. The van der Waals surface area contributed by atoms with Gasteiger partial charge in [-0.2, -0.15) is 0 Å². The molecule has 0 aliphatic heterocycles. The number of Topliss-reactive ketones (excluding diaryl/α,β-unsaturated/α-hetero) is 2. The zero-order valence-corrected chi connectivity index (χ0v) is 25.1. The number of fused-ring (bicyclic) bond motifs is 10. The van der Waals surface area contributed by atoms with Gasteiger partial charge in [0.2, 0.25) is 0 Å². The molecule has 6 aliphatic rings. The Hall–Kier alpha value is -2.70. The van der Waals surface area contributed by atoms with Gasteiger partial charge in [0.05, 0.1) is 0 Å². The monoisotopic (exact) mass is 576 g/mol. The summed E-state index contributed by atoms with van der Waals surface area (Å²) in [5.41, 5.74) is 5.49. The molecule has 6 nitrogen and oxygen atoms in total. The van der Waals surface area contributed by atoms with E-state index in [1.807, 2.05) is 24.3 Å². The number of ketones is 2. The Labute approximate surface area is 249 Å². The molecule has 2 aromatic rings. The molecule has 4 fully saturated rings. The van der Waals surface area contributed by atoms with Crippen LogP contribution in [-0.4, -0.2) is 32.7 Å². The van der Waals surface area contributed by atoms with Gasteiger partial charge in [-0.15, -0.1) is 0 Å². The van der Waals surface area contributed by atoms with Gasteiger partial charge in [0.1, 0.15) is 23.1 Å². The largest absolute Gasteiger partial charge is 0.508 e. The topological polar surface area (TPSA) is 138 Å². The van der Waals surface area contributed by atoms with Crippen molar-refractivity contribution in [3.63, 3.8) is 0 Å². The molecule has 0 spiro atoms. The van der Waals surface area contributed by atoms with Crippen molar-refractivity contribution in [2.75, 3.05) is 0 Å². The predicted molar refractivity (Wildman–Crippen MR) is 163 cm³/mol. The van der Waals surface area contributed by atoms with Gasteiger partial charge in [0.25, 0.3) is 0 Å². The Morgan fingerprint density at radius 1 is 0.595 bits per heavy atom. The van der Waals surface area contributed by atoms with E-state index < -0.39 is 0 Å². The molecule has 0 saturated heterocycles. The average Bonchev–Trinajstić information content (AvgIpc) is 3.43. The lowest BCUT2D eigenvalue weighted by molar-refractivity contribution is -0.130. The van der Waals surface area contributed by atoms with Crippen molar-refractivity contribution in [1.29, 1.82) is 0 Å². The molecule has 0 amide bonds. The van der Waals surface area contributed by atoms with Crippen LogP contribution in [0.1, 0.15) is 112 Å². The Morgan fingerprint density at radius 3 is 1.40 bits per heavy atom. The molecule has 0 radical (unpaired) electrons. The van der Waals surface area contributed by atoms with Gasteiger partial charge in [-0.25, -0.2) is 0 Å². The molecular weight excluding hydrogens is 528 g/mol. The third-order valence-corrected chi connectivity index (χ3v) is 12.8. The van der Waals surface area contributed by atoms with Crippen LogP contribution in [0.25, 0.3) is 0 Å². The quantitative estimate of drug-likeness (QED) is 0.398. The van der Waals surface area contributed by atoms with Crippen LogP contribution in [0.3, 0.4) is 0 Å². The fourth-order valence-corrected chi connectivity index (χ4v) is 10.7. The molecule has 6 N–H and O–H groups in total. The minimum Gasteiger partial charge on any atom is -0.508 e. The number of phenols is 2. The minimum atomic E-state index is -0.0322. The maximum atomic E-state index is 12.3. The van der Waals surface area contributed by atoms with Gasteiger partial charge in [-0.1, -0.05) is 26.0 Å². The number of carbonyl (C=O) groups excluding carboxylic acids is 2. The second-order valence-corrected chi connectivity index (χ2v) is 14.4. The fourth-order valence-electron chi connectivity index (χ4n) is 10.7. The van der Waals surface area contributed by atoms with Gasteiger partial charge >= 0.3 is 0 Å². The molecule has 42 heavy (non-hydrogen) atoms. The molecule has 4 saturated carbocycles. The SMILES string of the molecule is C[C@]12CC[C@@H]3c4ccc(O)cc4CC[C@H]3[C@@H]1CCC2=O.C[C@]12CC[C@@H]3c4ccc(O)cc4CC[C@H]3[C@@H]1CCC2=O.O.O. The zero-order valence-electron chi connectivity index (χ0n) is 25.1. The number of phenolic OH excluding ortho intramolecular Hbond substituents is 2. The summed E-state index contributed by atoms with van der Waals surface area (Å²) in [6.45, 7) is 4.44. The van der Waals surface area contributed by atoms with E-state index in [1.165, 1.54) is 35.1 Å². The van der Waals surface area contributed by atoms with Crippen LogP contribution in [0.5, 0.6) is 11.5 Å². The maximum Gasteiger partial charge on any atom is 0.139 e. The van der Waals surface area contributed by atoms with Gasteiger partial charge < -0.3 is 21.2 Å². The highest BCUT2D eigenvalue weighted by Gasteiger charge is 2.55. The van der Waals surface area contributed by atoms with E-state index in [4.69, 9.17) is 0 Å². The third-order valence-electron chi connectivity index (χ3n) is 12.8. The zero-order chi connectivity index (χ0) is 27.8. The minimum absolute atomic E-state index is 0. The van der Waals surface area contributed by atoms with Crippen LogP contribution in [0.15, 0.2) is 36.4 Å². The number of rotatable bonds is 0. The summed E-state index contributed by atoms with van der Waals surface area (Å²) >= 11 is 0. The molecule has 228 valence electrons. The smallest absolute Gasteiger partial charge is 0.139 e. The van der Waals surface area contributed by atoms with E-state index in [2.05, 4.69) is 26.0 Å². The number of aryl methyl sites for hydroxylation is 2. The van der Waals surface area contributed by atoms with Crippen molar-refractivity contribution in [2.24, 2.45) is 34.5 Å². The number of aromatic hydroxyl groups is 2. The Kier molecular flexibility index (Phi) is 8.12. The molecule has 6 heteroatoms. The molecule has 2 aromatic carbocycles. The van der Waals surface area contributed by atoms with Crippen molar-refractivity contribution in [3.05, 3.63) is 58.7 Å². The van der Waals surface area contributed by atoms with Crippen molar-refractivity contribution < 1.29 is 30.8 Å². The molecule has 0 aromatic heterocycles. The normalized spacial score (nSPS) is 37.2. The first-order valence-corrected chi connectivity index (χ1v) is 15.9. The lowest BCUT2D eigenvalue weighted by Crippen LogP contribution is -2.42. The van der Waals surface area contributed by atoms with Crippen molar-refractivity contribution >= 4 is 11.6 Å². The summed E-state index contributed by atoms with van der Waals surface area (Å²) in [4.78, 5) is 24.5. The standard InChI is InChI=1S/2C18H22O2.2H2O/c2*1-18-9-8-14-13-5-3-12(19)10-11(13)2-4-15(14)16(18)6-7-17(18)20;;/h2*3,5,10,14-16,19H,2,4,6-9H2,1H3;2*1H2/t2*14-,15-,16+,18+;;/m11../s1. The predicted octanol–water partition coefficient (Wildman–Crippen LogP) is 5.99. The molecular formula is C36H48O6. The van der Waals surface area contributed by atoms with Crippen LogP contribution in [-0.2, 0) is 22.4 Å². The van der Waals surface area contributed by atoms with Crippen LogP contribution < -0.4 is 0 Å². The highest BCUT2D eigenvalue weighted by molar-refractivity contribution is 5.87. The van der Waals surface area contributed by atoms with Crippen molar-refractivity contribution in [1.82, 2.24) is 0 Å². The van der Waals surface area contributed by atoms with E-state index in [0.717, 1.165) is 64.2 Å². The molecule has 0 heterocycles. The Balaban J connectivity index is 0.000000160. The van der Waals surface area contributed by atoms with Gasteiger partial charge in [0.15, 0.2) is 0 Å². The van der Waals surface area contributed by atoms with E-state index in [0.29, 0.717) is 58.6 Å². The Bertz CT molecular complexity index is 1260. The molecule has 0 unspecified atom stereocenters. The maximum absolute atomic E-state index is 12.3. The van der Waals surface area contributed by atoms with Gasteiger partial charge in [0, 0.05) is 23.7 Å². The summed E-state index contributed by atoms with van der Waals surface area (Å²) in [5.74, 6) is 5.57. The van der Waals surface area contributed by atoms with Gasteiger partial charge in [-0.05, 0) is 146 Å². The summed E-state index contributed by atoms with van der Waals surface area (Å²) in [7, 11) is 0. The highest BCUT2D eigenvalue weighted by atomic mass is 16.3. The molecule has 8 rings (SSSR count). The summed E-state index contributed by atoms with van der Waals surface area (Å²) < 4.78 is 0. The number of hydrogen-bond acceptors (Lipinski definition) is 4. The lowest BCUT2D eigenvalue weighted by atomic mass is 9.55. The summed E-state index contributed by atoms with van der Waals surface area (Å²) in [5, 5.41) is 19.3. The van der Waals surface area contributed by atoms with Crippen molar-refractivity contribution in [2.45, 2.75) is 103 Å². The molecule has 0 bridgehead atoms. The lowest BCUT2D eigenvalue weighted by Gasteiger charge is -2.48. The fraction of sp³-hybridized carbons (Fsp3) is 0.611. The highest BCUT2D eigenvalue weighted by Crippen LogP contribution is 2.61. The average molecular weight is 577 g/mol.